The molecule has 1 fully saturated rings. The topological polar surface area (TPSA) is 61.8 Å². The van der Waals surface area contributed by atoms with E-state index in [2.05, 4.69) is 53.6 Å². The third-order valence-electron chi connectivity index (χ3n) is 7.81. The van der Waals surface area contributed by atoms with Crippen molar-refractivity contribution in [3.63, 3.8) is 0 Å². The molecule has 204 valence electrons. The highest BCUT2D eigenvalue weighted by molar-refractivity contribution is 6.74. The molecule has 5 rings (SSSR count). The van der Waals surface area contributed by atoms with Gasteiger partial charge in [0.15, 0.2) is 19.8 Å². The number of hydrogen-bond donors (Lipinski definition) is 1. The third-order valence-corrected chi connectivity index (χ3v) is 12.3. The zero-order valence-corrected chi connectivity index (χ0v) is 23.2. The zero-order chi connectivity index (χ0) is 27.3. The summed E-state index contributed by atoms with van der Waals surface area (Å²) in [4.78, 5) is 4.28. The Morgan fingerprint density at radius 3 is 2.55 bits per heavy atom. The van der Waals surface area contributed by atoms with Crippen LogP contribution < -0.4 is 19.5 Å². The van der Waals surface area contributed by atoms with Crippen molar-refractivity contribution in [1.29, 1.82) is 0 Å². The number of nitrogens with one attached hydrogen (secondary N) is 1. The molecule has 1 saturated carbocycles. The number of alkyl halides is 2. The minimum Gasteiger partial charge on any atom is -0.490 e. The van der Waals surface area contributed by atoms with Crippen LogP contribution in [0.2, 0.25) is 18.1 Å². The predicted octanol–water partition coefficient (Wildman–Crippen LogP) is 6.92. The van der Waals surface area contributed by atoms with Crippen LogP contribution in [0.1, 0.15) is 44.7 Å². The van der Waals surface area contributed by atoms with E-state index in [-0.39, 0.29) is 34.5 Å². The molecule has 0 amide bonds. The molecular weight excluding hydrogens is 513 g/mol. The second kappa shape index (κ2) is 9.73. The summed E-state index contributed by atoms with van der Waals surface area (Å²) in [5, 5.41) is 5.20. The first-order valence-electron chi connectivity index (χ1n) is 12.8. The average Bonchev–Trinajstić information content (AvgIpc) is 3.12. The summed E-state index contributed by atoms with van der Waals surface area (Å²) in [6.07, 6.45) is 1.15. The van der Waals surface area contributed by atoms with Gasteiger partial charge in [0.05, 0.1) is 6.61 Å². The molecule has 2 aliphatic rings. The van der Waals surface area contributed by atoms with Gasteiger partial charge in [-0.1, -0.05) is 20.8 Å². The van der Waals surface area contributed by atoms with Crippen LogP contribution in [0.4, 0.5) is 13.2 Å². The largest absolute Gasteiger partial charge is 0.586 e. The van der Waals surface area contributed by atoms with Gasteiger partial charge in [0, 0.05) is 42.0 Å². The number of fused-ring (bicyclic) bond motifs is 2. The SMILES string of the molecule is CC(C)(C)[Si](C)(C)OCc1cc(F)c(CN[C@H]2C[C@H](Oc3ccc4c(c3)OC(F)(F)O4)C2)c2ccncc12. The molecule has 1 N–H and O–H groups in total. The standard InChI is InChI=1S/C28H33F3N2O4Si/c1-27(2,3)38(4,5)34-16-17-10-24(29)23(21-8-9-32-14-22(17)21)15-33-18-11-20(12-18)35-19-6-7-25-26(13-19)37-28(30,31)36-25/h6-10,13-14,18,20,33H,11-12,15-16H2,1-5H3/t18-,20-. The molecular formula is C28H33F3N2O4Si. The number of nitrogens with zero attached hydrogens (tertiary/aromatic N) is 1. The van der Waals surface area contributed by atoms with Crippen LogP contribution in [0.3, 0.4) is 0 Å². The van der Waals surface area contributed by atoms with Gasteiger partial charge in [0.2, 0.25) is 0 Å². The lowest BCUT2D eigenvalue weighted by atomic mass is 9.88. The van der Waals surface area contributed by atoms with Gasteiger partial charge in [0.25, 0.3) is 0 Å². The first kappa shape index (κ1) is 26.8. The quantitative estimate of drug-likeness (QED) is 0.310. The Balaban J connectivity index is 1.20. The van der Waals surface area contributed by atoms with Gasteiger partial charge in [-0.25, -0.2) is 4.39 Å². The van der Waals surface area contributed by atoms with Crippen molar-refractivity contribution in [3.8, 4) is 17.2 Å². The fraction of sp³-hybridized carbons (Fsp3) is 0.464. The van der Waals surface area contributed by atoms with Crippen LogP contribution in [0.5, 0.6) is 17.2 Å². The van der Waals surface area contributed by atoms with Gasteiger partial charge in [-0.3, -0.25) is 4.98 Å². The van der Waals surface area contributed by atoms with Gasteiger partial charge >= 0.3 is 6.29 Å². The van der Waals surface area contributed by atoms with E-state index in [4.69, 9.17) is 9.16 Å². The second-order valence-corrected chi connectivity index (χ2v) is 16.3. The highest BCUT2D eigenvalue weighted by Gasteiger charge is 2.43. The van der Waals surface area contributed by atoms with Crippen LogP contribution in [0.15, 0.2) is 42.7 Å². The Bertz CT molecular complexity index is 1340. The van der Waals surface area contributed by atoms with E-state index in [0.29, 0.717) is 37.3 Å². The molecule has 0 spiro atoms. The Labute approximate surface area is 221 Å². The van der Waals surface area contributed by atoms with Crippen molar-refractivity contribution in [2.45, 2.75) is 83.3 Å². The van der Waals surface area contributed by atoms with Crippen molar-refractivity contribution in [1.82, 2.24) is 10.3 Å². The van der Waals surface area contributed by atoms with Crippen LogP contribution in [-0.4, -0.2) is 31.7 Å². The fourth-order valence-corrected chi connectivity index (χ4v) is 5.35. The van der Waals surface area contributed by atoms with E-state index in [1.165, 1.54) is 12.1 Å². The lowest BCUT2D eigenvalue weighted by Gasteiger charge is -2.36. The molecule has 1 aliphatic heterocycles. The van der Waals surface area contributed by atoms with Crippen LogP contribution in [0, 0.1) is 5.82 Å². The molecule has 0 radical (unpaired) electrons. The highest BCUT2D eigenvalue weighted by atomic mass is 28.4. The maximum Gasteiger partial charge on any atom is 0.586 e. The van der Waals surface area contributed by atoms with E-state index in [1.807, 2.05) is 6.07 Å². The van der Waals surface area contributed by atoms with Crippen LogP contribution in [-0.2, 0) is 17.6 Å². The lowest BCUT2D eigenvalue weighted by Crippen LogP contribution is -2.46. The van der Waals surface area contributed by atoms with Crippen molar-refractivity contribution < 1.29 is 31.8 Å². The fourth-order valence-electron chi connectivity index (χ4n) is 4.40. The molecule has 0 atom stereocenters. The van der Waals surface area contributed by atoms with Gasteiger partial charge in [-0.2, -0.15) is 0 Å². The molecule has 1 aromatic heterocycles. The van der Waals surface area contributed by atoms with Gasteiger partial charge in [0.1, 0.15) is 17.7 Å². The summed E-state index contributed by atoms with van der Waals surface area (Å²) in [7, 11) is -1.99. The van der Waals surface area contributed by atoms with Crippen molar-refractivity contribution in [2.75, 3.05) is 0 Å². The normalized spacial score (nSPS) is 20.4. The first-order chi connectivity index (χ1) is 17.8. The lowest BCUT2D eigenvalue weighted by molar-refractivity contribution is -0.286. The van der Waals surface area contributed by atoms with Crippen molar-refractivity contribution in [2.24, 2.45) is 0 Å². The van der Waals surface area contributed by atoms with E-state index in [0.717, 1.165) is 16.3 Å². The van der Waals surface area contributed by atoms with Gasteiger partial charge < -0.3 is 24.0 Å². The molecule has 0 unspecified atom stereocenters. The van der Waals surface area contributed by atoms with Crippen molar-refractivity contribution in [3.05, 3.63) is 59.7 Å². The van der Waals surface area contributed by atoms with Crippen LogP contribution >= 0.6 is 0 Å². The molecule has 2 heterocycles. The van der Waals surface area contributed by atoms with Crippen LogP contribution in [0.25, 0.3) is 10.8 Å². The summed E-state index contributed by atoms with van der Waals surface area (Å²) >= 11 is 0. The summed E-state index contributed by atoms with van der Waals surface area (Å²) in [5.74, 6) is 0.108. The zero-order valence-electron chi connectivity index (χ0n) is 22.2. The molecule has 2 aromatic carbocycles. The molecule has 0 saturated heterocycles. The summed E-state index contributed by atoms with van der Waals surface area (Å²) in [6.45, 7) is 11.6. The van der Waals surface area contributed by atoms with E-state index in [9.17, 15) is 8.78 Å². The second-order valence-electron chi connectivity index (χ2n) is 11.5. The molecule has 10 heteroatoms. The Kier molecular flexibility index (Phi) is 6.86. The maximum absolute atomic E-state index is 15.3. The average molecular weight is 547 g/mol. The Hall–Kier alpha value is -2.82. The van der Waals surface area contributed by atoms with E-state index < -0.39 is 14.6 Å². The summed E-state index contributed by atoms with van der Waals surface area (Å²) in [6, 6.07) is 7.96. The smallest absolute Gasteiger partial charge is 0.490 e. The Morgan fingerprint density at radius 2 is 1.82 bits per heavy atom. The molecule has 3 aromatic rings. The summed E-state index contributed by atoms with van der Waals surface area (Å²) < 4.78 is 63.0. The van der Waals surface area contributed by atoms with E-state index in [1.54, 1.807) is 24.5 Å². The number of aromatic nitrogens is 1. The van der Waals surface area contributed by atoms with E-state index >= 15 is 4.39 Å². The Morgan fingerprint density at radius 1 is 1.08 bits per heavy atom. The third kappa shape index (κ3) is 5.48. The molecule has 0 bridgehead atoms. The monoisotopic (exact) mass is 546 g/mol. The molecule has 6 nitrogen and oxygen atoms in total. The minimum absolute atomic E-state index is 0.0162. The molecule has 1 aliphatic carbocycles. The first-order valence-corrected chi connectivity index (χ1v) is 15.7. The predicted molar refractivity (Wildman–Crippen MR) is 141 cm³/mol. The minimum atomic E-state index is -3.65. The van der Waals surface area contributed by atoms with Gasteiger partial charge in [-0.05, 0) is 66.2 Å². The summed E-state index contributed by atoms with van der Waals surface area (Å²) in [5.41, 5.74) is 1.40. The highest BCUT2D eigenvalue weighted by Crippen LogP contribution is 2.43. The number of rotatable bonds is 8. The number of halogens is 3. The number of benzene rings is 2. The number of hydrogen-bond acceptors (Lipinski definition) is 6. The van der Waals surface area contributed by atoms with Crippen molar-refractivity contribution >= 4 is 19.1 Å². The maximum atomic E-state index is 15.3. The number of ether oxygens (including phenoxy) is 3. The molecule has 38 heavy (non-hydrogen) atoms. The number of pyridine rings is 1. The van der Waals surface area contributed by atoms with Gasteiger partial charge in [-0.15, -0.1) is 8.78 Å².